The standard InChI is InChI=1S/C18H22O2S/c1-18(2,3)16-10-9-15(21-16)17(19)12-5-4-6-14(11-12)20-13-7-8-13/h4-6,9-11,13,17,19H,7-8H2,1-3H3. The second-order valence-corrected chi connectivity index (χ2v) is 7.86. The number of thiophene rings is 1. The smallest absolute Gasteiger partial charge is 0.120 e. The molecule has 112 valence electrons. The van der Waals surface area contributed by atoms with Crippen LogP contribution in [0.2, 0.25) is 0 Å². The van der Waals surface area contributed by atoms with Crippen molar-refractivity contribution in [1.82, 2.24) is 0 Å². The minimum Gasteiger partial charge on any atom is -0.490 e. The highest BCUT2D eigenvalue weighted by Gasteiger charge is 2.24. The number of aliphatic hydroxyl groups excluding tert-OH is 1. The quantitative estimate of drug-likeness (QED) is 0.889. The van der Waals surface area contributed by atoms with Gasteiger partial charge in [-0.1, -0.05) is 32.9 Å². The molecule has 0 spiro atoms. The van der Waals surface area contributed by atoms with E-state index in [4.69, 9.17) is 4.74 Å². The molecule has 1 heterocycles. The number of hydrogen-bond donors (Lipinski definition) is 1. The highest BCUT2D eigenvalue weighted by Crippen LogP contribution is 2.35. The Morgan fingerprint density at radius 1 is 1.19 bits per heavy atom. The fraction of sp³-hybridized carbons (Fsp3) is 0.444. The van der Waals surface area contributed by atoms with Gasteiger partial charge < -0.3 is 9.84 Å². The van der Waals surface area contributed by atoms with Gasteiger partial charge in [-0.3, -0.25) is 0 Å². The first-order valence-corrected chi connectivity index (χ1v) is 8.30. The molecule has 0 radical (unpaired) electrons. The number of ether oxygens (including phenoxy) is 1. The average Bonchev–Trinajstić information content (AvgIpc) is 3.09. The van der Waals surface area contributed by atoms with E-state index in [1.807, 2.05) is 30.3 Å². The van der Waals surface area contributed by atoms with Crippen molar-refractivity contribution in [2.75, 3.05) is 0 Å². The Balaban J connectivity index is 1.80. The maximum absolute atomic E-state index is 10.6. The second-order valence-electron chi connectivity index (χ2n) is 6.74. The van der Waals surface area contributed by atoms with E-state index in [-0.39, 0.29) is 5.41 Å². The summed E-state index contributed by atoms with van der Waals surface area (Å²) in [5.74, 6) is 0.863. The van der Waals surface area contributed by atoms with Crippen LogP contribution in [0.4, 0.5) is 0 Å². The summed E-state index contributed by atoms with van der Waals surface area (Å²) >= 11 is 1.68. The minimum absolute atomic E-state index is 0.125. The maximum Gasteiger partial charge on any atom is 0.120 e. The maximum atomic E-state index is 10.6. The SMILES string of the molecule is CC(C)(C)c1ccc(C(O)c2cccc(OC3CC3)c2)s1. The van der Waals surface area contributed by atoms with Gasteiger partial charge in [-0.05, 0) is 48.1 Å². The van der Waals surface area contributed by atoms with E-state index in [9.17, 15) is 5.11 Å². The lowest BCUT2D eigenvalue weighted by molar-refractivity contribution is 0.223. The molecule has 0 aliphatic heterocycles. The van der Waals surface area contributed by atoms with Crippen LogP contribution in [0.1, 0.15) is 55.0 Å². The monoisotopic (exact) mass is 302 g/mol. The Hall–Kier alpha value is -1.32. The molecule has 2 aromatic rings. The fourth-order valence-electron chi connectivity index (χ4n) is 2.20. The lowest BCUT2D eigenvalue weighted by Gasteiger charge is -2.16. The molecule has 2 nitrogen and oxygen atoms in total. The third kappa shape index (κ3) is 3.47. The Bertz CT molecular complexity index is 620. The third-order valence-electron chi connectivity index (χ3n) is 3.64. The summed E-state index contributed by atoms with van der Waals surface area (Å²) in [6.07, 6.45) is 2.10. The molecule has 1 atom stereocenters. The molecular formula is C18H22O2S. The Morgan fingerprint density at radius 3 is 2.57 bits per heavy atom. The zero-order chi connectivity index (χ0) is 15.0. The Kier molecular flexibility index (Phi) is 3.80. The van der Waals surface area contributed by atoms with E-state index < -0.39 is 6.10 Å². The van der Waals surface area contributed by atoms with Gasteiger partial charge in [0.05, 0.1) is 6.10 Å². The van der Waals surface area contributed by atoms with Crippen LogP contribution in [-0.4, -0.2) is 11.2 Å². The third-order valence-corrected chi connectivity index (χ3v) is 5.20. The van der Waals surface area contributed by atoms with Crippen molar-refractivity contribution in [2.24, 2.45) is 0 Å². The number of aliphatic hydroxyl groups is 1. The number of hydrogen-bond acceptors (Lipinski definition) is 3. The lowest BCUT2D eigenvalue weighted by atomic mass is 9.95. The molecule has 3 heteroatoms. The first kappa shape index (κ1) is 14.6. The van der Waals surface area contributed by atoms with Crippen LogP contribution < -0.4 is 4.74 Å². The highest BCUT2D eigenvalue weighted by atomic mass is 32.1. The van der Waals surface area contributed by atoms with Gasteiger partial charge in [0.25, 0.3) is 0 Å². The van der Waals surface area contributed by atoms with E-state index in [1.54, 1.807) is 11.3 Å². The summed E-state index contributed by atoms with van der Waals surface area (Å²) in [6.45, 7) is 6.58. The molecule has 0 bridgehead atoms. The van der Waals surface area contributed by atoms with Crippen LogP contribution in [0.3, 0.4) is 0 Å². The summed E-state index contributed by atoms with van der Waals surface area (Å²) in [6, 6.07) is 12.0. The zero-order valence-electron chi connectivity index (χ0n) is 12.8. The molecular weight excluding hydrogens is 280 g/mol. The molecule has 0 amide bonds. The van der Waals surface area contributed by atoms with Crippen LogP contribution in [0.5, 0.6) is 5.75 Å². The molecule has 1 aliphatic carbocycles. The molecule has 1 aromatic heterocycles. The first-order valence-electron chi connectivity index (χ1n) is 7.48. The van der Waals surface area contributed by atoms with Crippen molar-refractivity contribution < 1.29 is 9.84 Å². The van der Waals surface area contributed by atoms with Crippen LogP contribution in [-0.2, 0) is 5.41 Å². The Labute approximate surface area is 130 Å². The summed E-state index contributed by atoms with van der Waals surface area (Å²) in [7, 11) is 0. The van der Waals surface area contributed by atoms with Gasteiger partial charge in [0, 0.05) is 9.75 Å². The molecule has 1 unspecified atom stereocenters. The van der Waals surface area contributed by atoms with Crippen molar-refractivity contribution in [3.63, 3.8) is 0 Å². The first-order chi connectivity index (χ1) is 9.93. The van der Waals surface area contributed by atoms with Crippen LogP contribution >= 0.6 is 11.3 Å². The molecule has 1 saturated carbocycles. The van der Waals surface area contributed by atoms with Crippen LogP contribution in [0, 0.1) is 0 Å². The fourth-order valence-corrected chi connectivity index (χ4v) is 3.28. The highest BCUT2D eigenvalue weighted by molar-refractivity contribution is 7.12. The van der Waals surface area contributed by atoms with E-state index in [1.165, 1.54) is 4.88 Å². The molecule has 3 rings (SSSR count). The molecule has 1 aromatic carbocycles. The lowest BCUT2D eigenvalue weighted by Crippen LogP contribution is -2.07. The second kappa shape index (κ2) is 5.47. The molecule has 0 saturated heterocycles. The summed E-state index contributed by atoms with van der Waals surface area (Å²) in [5, 5.41) is 10.6. The van der Waals surface area contributed by atoms with Crippen molar-refractivity contribution in [2.45, 2.75) is 51.2 Å². The van der Waals surface area contributed by atoms with Crippen molar-refractivity contribution in [1.29, 1.82) is 0 Å². The predicted molar refractivity (Wildman–Crippen MR) is 87.2 cm³/mol. The molecule has 1 fully saturated rings. The van der Waals surface area contributed by atoms with E-state index in [2.05, 4.69) is 26.8 Å². The van der Waals surface area contributed by atoms with Crippen molar-refractivity contribution >= 4 is 11.3 Å². The van der Waals surface area contributed by atoms with Gasteiger partial charge in [0.15, 0.2) is 0 Å². The topological polar surface area (TPSA) is 29.5 Å². The summed E-state index contributed by atoms with van der Waals surface area (Å²) in [4.78, 5) is 2.28. The largest absolute Gasteiger partial charge is 0.490 e. The van der Waals surface area contributed by atoms with E-state index >= 15 is 0 Å². The zero-order valence-corrected chi connectivity index (χ0v) is 13.6. The number of benzene rings is 1. The van der Waals surface area contributed by atoms with Gasteiger partial charge in [0.2, 0.25) is 0 Å². The summed E-state index contributed by atoms with van der Waals surface area (Å²) < 4.78 is 5.80. The molecule has 1 N–H and O–H groups in total. The predicted octanol–water partition coefficient (Wildman–Crippen LogP) is 4.67. The number of rotatable bonds is 4. The van der Waals surface area contributed by atoms with Gasteiger partial charge in [-0.25, -0.2) is 0 Å². The molecule has 1 aliphatic rings. The van der Waals surface area contributed by atoms with E-state index in [0.29, 0.717) is 6.10 Å². The summed E-state index contributed by atoms with van der Waals surface area (Å²) in [5.41, 5.74) is 1.02. The van der Waals surface area contributed by atoms with Gasteiger partial charge >= 0.3 is 0 Å². The van der Waals surface area contributed by atoms with Gasteiger partial charge in [0.1, 0.15) is 11.9 Å². The van der Waals surface area contributed by atoms with Crippen LogP contribution in [0.25, 0.3) is 0 Å². The van der Waals surface area contributed by atoms with Crippen molar-refractivity contribution in [3.8, 4) is 5.75 Å². The minimum atomic E-state index is -0.575. The van der Waals surface area contributed by atoms with Gasteiger partial charge in [-0.2, -0.15) is 0 Å². The average molecular weight is 302 g/mol. The normalized spacial score (nSPS) is 16.8. The van der Waals surface area contributed by atoms with Crippen molar-refractivity contribution in [3.05, 3.63) is 51.7 Å². The Morgan fingerprint density at radius 2 is 1.95 bits per heavy atom. The molecule has 21 heavy (non-hydrogen) atoms. The van der Waals surface area contributed by atoms with Crippen LogP contribution in [0.15, 0.2) is 36.4 Å². The van der Waals surface area contributed by atoms with E-state index in [0.717, 1.165) is 29.0 Å². The van der Waals surface area contributed by atoms with Gasteiger partial charge in [-0.15, -0.1) is 11.3 Å².